The number of nitrogens with zero attached hydrogens (tertiary/aromatic N) is 4. The minimum Gasteiger partial charge on any atom is -0.337 e. The summed E-state index contributed by atoms with van der Waals surface area (Å²) in [5.41, 5.74) is 1.16. The number of carbonyl (C=O) groups excluding carboxylic acids is 1. The van der Waals surface area contributed by atoms with Crippen LogP contribution in [0.1, 0.15) is 34.3 Å². The summed E-state index contributed by atoms with van der Waals surface area (Å²) in [6.45, 7) is 1.32. The highest BCUT2D eigenvalue weighted by Gasteiger charge is 2.29. The number of piperidine rings is 1. The molecule has 1 fully saturated rings. The number of carbonyl (C=O) groups is 1. The van der Waals surface area contributed by atoms with Crippen LogP contribution >= 0.6 is 11.3 Å². The molecule has 2 aromatic carbocycles. The second-order valence-electron chi connectivity index (χ2n) is 7.43. The van der Waals surface area contributed by atoms with Gasteiger partial charge in [0.05, 0.1) is 20.6 Å². The fourth-order valence-electron chi connectivity index (χ4n) is 4.04. The standard InChI is InChI=1S/C22H20N4O2S/c1-25-21(27)16-9-3-2-8-15(16)19(24-25)22(28)26-12-6-7-14(13-26)20-23-17-10-4-5-11-18(17)29-20/h2-5,8-11,14H,6-7,12-13H2,1H3/t14-/m1/s1. The number of para-hydroxylation sites is 1. The van der Waals surface area contributed by atoms with Gasteiger partial charge in [-0.05, 0) is 31.0 Å². The molecular weight excluding hydrogens is 384 g/mol. The van der Waals surface area contributed by atoms with Crippen molar-refractivity contribution in [2.45, 2.75) is 18.8 Å². The molecule has 146 valence electrons. The first kappa shape index (κ1) is 18.0. The van der Waals surface area contributed by atoms with Crippen molar-refractivity contribution in [3.8, 4) is 0 Å². The molecule has 1 atom stereocenters. The number of thiazole rings is 1. The Morgan fingerprint density at radius 2 is 1.86 bits per heavy atom. The van der Waals surface area contributed by atoms with Crippen LogP contribution in [0.3, 0.4) is 0 Å². The van der Waals surface area contributed by atoms with Crippen LogP contribution in [0.4, 0.5) is 0 Å². The van der Waals surface area contributed by atoms with E-state index >= 15 is 0 Å². The molecular formula is C22H20N4O2S. The molecule has 1 amide bonds. The number of hydrogen-bond acceptors (Lipinski definition) is 5. The topological polar surface area (TPSA) is 68.1 Å². The SMILES string of the molecule is Cn1nc(C(=O)N2CCC[C@@H](c3nc4ccccc4s3)C2)c2ccccc2c1=O. The van der Waals surface area contributed by atoms with Crippen LogP contribution in [0.2, 0.25) is 0 Å². The van der Waals surface area contributed by atoms with Crippen LogP contribution in [0, 0.1) is 0 Å². The van der Waals surface area contributed by atoms with Gasteiger partial charge in [0.25, 0.3) is 11.5 Å². The van der Waals surface area contributed by atoms with E-state index in [0.29, 0.717) is 29.6 Å². The van der Waals surface area contributed by atoms with E-state index in [-0.39, 0.29) is 17.4 Å². The van der Waals surface area contributed by atoms with Gasteiger partial charge in [-0.2, -0.15) is 5.10 Å². The second kappa shape index (κ2) is 7.08. The highest BCUT2D eigenvalue weighted by Crippen LogP contribution is 2.33. The van der Waals surface area contributed by atoms with Crippen LogP contribution < -0.4 is 5.56 Å². The Labute approximate surface area is 171 Å². The van der Waals surface area contributed by atoms with Crippen LogP contribution in [-0.2, 0) is 7.05 Å². The number of rotatable bonds is 2. The maximum absolute atomic E-state index is 13.4. The monoisotopic (exact) mass is 404 g/mol. The Hall–Kier alpha value is -3.06. The maximum atomic E-state index is 13.4. The minimum absolute atomic E-state index is 0.123. The summed E-state index contributed by atoms with van der Waals surface area (Å²) in [7, 11) is 1.59. The van der Waals surface area contributed by atoms with Gasteiger partial charge in [0.1, 0.15) is 0 Å². The third-order valence-electron chi connectivity index (χ3n) is 5.53. The summed E-state index contributed by atoms with van der Waals surface area (Å²) in [4.78, 5) is 32.4. The van der Waals surface area contributed by atoms with Gasteiger partial charge in [0.15, 0.2) is 5.69 Å². The number of aryl methyl sites for hydroxylation is 1. The van der Waals surface area contributed by atoms with Crippen molar-refractivity contribution < 1.29 is 4.79 Å². The maximum Gasteiger partial charge on any atom is 0.274 e. The zero-order valence-electron chi connectivity index (χ0n) is 16.0. The molecule has 0 radical (unpaired) electrons. The van der Waals surface area contributed by atoms with Gasteiger partial charge in [-0.3, -0.25) is 9.59 Å². The van der Waals surface area contributed by atoms with E-state index in [1.165, 1.54) is 9.38 Å². The van der Waals surface area contributed by atoms with E-state index in [2.05, 4.69) is 11.2 Å². The van der Waals surface area contributed by atoms with Crippen molar-refractivity contribution in [3.63, 3.8) is 0 Å². The highest BCUT2D eigenvalue weighted by molar-refractivity contribution is 7.18. The largest absolute Gasteiger partial charge is 0.337 e. The quantitative estimate of drug-likeness (QED) is 0.512. The summed E-state index contributed by atoms with van der Waals surface area (Å²) in [6.07, 6.45) is 1.95. The van der Waals surface area contributed by atoms with Crippen LogP contribution in [0.25, 0.3) is 21.0 Å². The van der Waals surface area contributed by atoms with E-state index < -0.39 is 0 Å². The zero-order chi connectivity index (χ0) is 20.0. The first-order valence-corrected chi connectivity index (χ1v) is 10.5. The molecule has 7 heteroatoms. The number of fused-ring (bicyclic) bond motifs is 2. The zero-order valence-corrected chi connectivity index (χ0v) is 16.9. The normalized spacial score (nSPS) is 17.1. The second-order valence-corrected chi connectivity index (χ2v) is 8.50. The predicted molar refractivity (Wildman–Crippen MR) is 114 cm³/mol. The van der Waals surface area contributed by atoms with E-state index in [4.69, 9.17) is 4.98 Å². The lowest BCUT2D eigenvalue weighted by Gasteiger charge is -2.31. The molecule has 0 bridgehead atoms. The van der Waals surface area contributed by atoms with Gasteiger partial charge < -0.3 is 4.90 Å². The molecule has 0 aliphatic carbocycles. The molecule has 1 saturated heterocycles. The van der Waals surface area contributed by atoms with Gasteiger partial charge in [0, 0.05) is 31.4 Å². The Kier molecular flexibility index (Phi) is 4.39. The molecule has 2 aromatic heterocycles. The van der Waals surface area contributed by atoms with Crippen molar-refractivity contribution in [3.05, 3.63) is 69.6 Å². The smallest absolute Gasteiger partial charge is 0.274 e. The van der Waals surface area contributed by atoms with Crippen molar-refractivity contribution in [2.75, 3.05) is 13.1 Å². The van der Waals surface area contributed by atoms with Crippen LogP contribution in [0.5, 0.6) is 0 Å². The summed E-state index contributed by atoms with van der Waals surface area (Å²) < 4.78 is 2.43. The average Bonchev–Trinajstić information content (AvgIpc) is 3.20. The molecule has 0 N–H and O–H groups in total. The number of benzene rings is 2. The number of aromatic nitrogens is 3. The van der Waals surface area contributed by atoms with Gasteiger partial charge in [-0.25, -0.2) is 9.67 Å². The van der Waals surface area contributed by atoms with E-state index in [9.17, 15) is 9.59 Å². The first-order valence-electron chi connectivity index (χ1n) is 9.72. The minimum atomic E-state index is -0.192. The van der Waals surface area contributed by atoms with E-state index in [0.717, 1.165) is 23.4 Å². The van der Waals surface area contributed by atoms with Crippen LogP contribution in [0.15, 0.2) is 53.3 Å². The van der Waals surface area contributed by atoms with Gasteiger partial charge in [0.2, 0.25) is 0 Å². The lowest BCUT2D eigenvalue weighted by Crippen LogP contribution is -2.40. The molecule has 0 unspecified atom stereocenters. The highest BCUT2D eigenvalue weighted by atomic mass is 32.1. The Morgan fingerprint density at radius 3 is 2.69 bits per heavy atom. The lowest BCUT2D eigenvalue weighted by atomic mass is 9.98. The molecule has 5 rings (SSSR count). The number of hydrogen-bond donors (Lipinski definition) is 0. The Bertz CT molecular complexity index is 1260. The summed E-state index contributed by atoms with van der Waals surface area (Å²) in [5, 5.41) is 6.53. The summed E-state index contributed by atoms with van der Waals surface area (Å²) >= 11 is 1.71. The number of amides is 1. The van der Waals surface area contributed by atoms with Gasteiger partial charge >= 0.3 is 0 Å². The summed E-state index contributed by atoms with van der Waals surface area (Å²) in [6, 6.07) is 15.3. The fourth-order valence-corrected chi connectivity index (χ4v) is 5.13. The van der Waals surface area contributed by atoms with E-state index in [1.54, 1.807) is 30.5 Å². The first-order chi connectivity index (χ1) is 14.1. The van der Waals surface area contributed by atoms with Crippen molar-refractivity contribution in [2.24, 2.45) is 7.05 Å². The molecule has 6 nitrogen and oxygen atoms in total. The van der Waals surface area contributed by atoms with Crippen molar-refractivity contribution >= 4 is 38.2 Å². The number of likely N-dealkylation sites (tertiary alicyclic amines) is 1. The van der Waals surface area contributed by atoms with E-state index in [1.807, 2.05) is 35.2 Å². The fraction of sp³-hybridized carbons (Fsp3) is 0.273. The van der Waals surface area contributed by atoms with Gasteiger partial charge in [-0.15, -0.1) is 11.3 Å². The average molecular weight is 404 g/mol. The molecule has 1 aliphatic rings. The van der Waals surface area contributed by atoms with Crippen molar-refractivity contribution in [1.82, 2.24) is 19.7 Å². The predicted octanol–water partition coefficient (Wildman–Crippen LogP) is 3.56. The Balaban J connectivity index is 1.48. The lowest BCUT2D eigenvalue weighted by molar-refractivity contribution is 0.0701. The third kappa shape index (κ3) is 3.11. The molecule has 29 heavy (non-hydrogen) atoms. The van der Waals surface area contributed by atoms with Crippen LogP contribution in [-0.4, -0.2) is 38.7 Å². The molecule has 1 aliphatic heterocycles. The van der Waals surface area contributed by atoms with Gasteiger partial charge in [-0.1, -0.05) is 30.3 Å². The molecule has 0 saturated carbocycles. The van der Waals surface area contributed by atoms with Crippen molar-refractivity contribution in [1.29, 1.82) is 0 Å². The molecule has 0 spiro atoms. The molecule has 3 heterocycles. The Morgan fingerprint density at radius 1 is 1.10 bits per heavy atom. The summed E-state index contributed by atoms with van der Waals surface area (Å²) in [5.74, 6) is 0.103. The molecule has 4 aromatic rings. The third-order valence-corrected chi connectivity index (χ3v) is 6.73.